The molecular weight excluding hydrogens is 500 g/mol. The van der Waals surface area contributed by atoms with Crippen molar-refractivity contribution in [2.45, 2.75) is 38.6 Å². The lowest BCUT2D eigenvalue weighted by atomic mass is 9.96. The van der Waals surface area contributed by atoms with Gasteiger partial charge >= 0.3 is 0 Å². The number of aromatic nitrogens is 4. The zero-order valence-corrected chi connectivity index (χ0v) is 23.8. The minimum Gasteiger partial charge on any atom is -0.369 e. The Balaban J connectivity index is 1.25. The van der Waals surface area contributed by atoms with Gasteiger partial charge in [-0.2, -0.15) is 0 Å². The van der Waals surface area contributed by atoms with Crippen molar-refractivity contribution >= 4 is 28.4 Å². The number of nitrogens with one attached hydrogen (secondary N) is 2. The SMILES string of the molecule is CCN1CCC(N(C)c2ccc(-c3cc(NC[C@@H](C)c4cccc5c(C(=O)NC)ccnc45)ncn3)cn2)CC1. The Hall–Kier alpha value is -4.11. The Bertz CT molecular complexity index is 1450. The van der Waals surface area contributed by atoms with Gasteiger partial charge in [0.25, 0.3) is 5.91 Å². The first-order chi connectivity index (χ1) is 19.5. The predicted octanol–water partition coefficient (Wildman–Crippen LogP) is 4.58. The zero-order valence-electron chi connectivity index (χ0n) is 23.8. The van der Waals surface area contributed by atoms with Crippen molar-refractivity contribution < 1.29 is 4.79 Å². The summed E-state index contributed by atoms with van der Waals surface area (Å²) in [5.74, 6) is 1.76. The molecule has 1 amide bonds. The van der Waals surface area contributed by atoms with E-state index in [0.29, 0.717) is 18.2 Å². The number of piperidine rings is 1. The van der Waals surface area contributed by atoms with Crippen LogP contribution in [-0.2, 0) is 0 Å². The molecule has 1 saturated heterocycles. The molecule has 0 saturated carbocycles. The molecule has 1 aromatic carbocycles. The lowest BCUT2D eigenvalue weighted by Crippen LogP contribution is -2.43. The van der Waals surface area contributed by atoms with Crippen molar-refractivity contribution in [2.75, 3.05) is 50.5 Å². The zero-order chi connectivity index (χ0) is 28.1. The second kappa shape index (κ2) is 12.4. The van der Waals surface area contributed by atoms with E-state index in [0.717, 1.165) is 71.8 Å². The molecule has 208 valence electrons. The van der Waals surface area contributed by atoms with E-state index in [1.165, 1.54) is 0 Å². The Morgan fingerprint density at radius 3 is 2.65 bits per heavy atom. The van der Waals surface area contributed by atoms with E-state index >= 15 is 0 Å². The maximum atomic E-state index is 12.3. The van der Waals surface area contributed by atoms with Crippen molar-refractivity contribution in [2.24, 2.45) is 0 Å². The summed E-state index contributed by atoms with van der Waals surface area (Å²) in [6.07, 6.45) is 7.50. The largest absolute Gasteiger partial charge is 0.369 e. The highest BCUT2D eigenvalue weighted by molar-refractivity contribution is 6.06. The number of carbonyl (C=O) groups excluding carboxylic acids is 1. The van der Waals surface area contributed by atoms with Gasteiger partial charge in [-0.15, -0.1) is 0 Å². The molecule has 2 N–H and O–H groups in total. The van der Waals surface area contributed by atoms with Gasteiger partial charge in [-0.1, -0.05) is 32.0 Å². The van der Waals surface area contributed by atoms with Gasteiger partial charge < -0.3 is 20.4 Å². The molecule has 5 rings (SSSR count). The summed E-state index contributed by atoms with van der Waals surface area (Å²) < 4.78 is 0. The molecule has 9 heteroatoms. The molecule has 0 aliphatic carbocycles. The standard InChI is InChI=1S/C31H38N8O/c1-5-39-15-12-23(13-16-39)38(4)29-10-9-22(19-35-29)27-17-28(37-20-36-27)34-18-21(2)24-7-6-8-25-26(31(40)32-3)11-14-33-30(24)25/h6-11,14,17,19-21,23H,5,12-13,15-16,18H2,1-4H3,(H,32,40)(H,34,36,37)/t21-/m1/s1. The van der Waals surface area contributed by atoms with Crippen LogP contribution in [0.4, 0.5) is 11.6 Å². The molecule has 40 heavy (non-hydrogen) atoms. The minimum atomic E-state index is -0.115. The monoisotopic (exact) mass is 538 g/mol. The number of rotatable bonds is 9. The summed E-state index contributed by atoms with van der Waals surface area (Å²) in [6.45, 7) is 8.44. The number of anilines is 2. The number of pyridine rings is 2. The average Bonchev–Trinajstić information content (AvgIpc) is 3.02. The van der Waals surface area contributed by atoms with Gasteiger partial charge in [-0.3, -0.25) is 9.78 Å². The third-order valence-electron chi connectivity index (χ3n) is 8.02. The number of likely N-dealkylation sites (tertiary alicyclic amines) is 1. The van der Waals surface area contributed by atoms with E-state index in [9.17, 15) is 4.79 Å². The number of benzene rings is 1. The van der Waals surface area contributed by atoms with Gasteiger partial charge in [0.2, 0.25) is 0 Å². The van der Waals surface area contributed by atoms with E-state index in [-0.39, 0.29) is 11.8 Å². The summed E-state index contributed by atoms with van der Waals surface area (Å²) in [4.78, 5) is 35.4. The van der Waals surface area contributed by atoms with Crippen LogP contribution in [0.2, 0.25) is 0 Å². The number of carbonyl (C=O) groups is 1. The Morgan fingerprint density at radius 2 is 1.93 bits per heavy atom. The quantitative estimate of drug-likeness (QED) is 0.320. The fourth-order valence-corrected chi connectivity index (χ4v) is 5.46. The number of fused-ring (bicyclic) bond motifs is 1. The molecule has 0 radical (unpaired) electrons. The summed E-state index contributed by atoms with van der Waals surface area (Å²) in [6, 6.07) is 14.4. The van der Waals surface area contributed by atoms with Crippen LogP contribution in [0.3, 0.4) is 0 Å². The second-order valence-electron chi connectivity index (χ2n) is 10.4. The normalized spacial score (nSPS) is 15.1. The van der Waals surface area contributed by atoms with Crippen molar-refractivity contribution in [3.8, 4) is 11.3 Å². The first kappa shape index (κ1) is 27.5. The minimum absolute atomic E-state index is 0.115. The van der Waals surface area contributed by atoms with Crippen LogP contribution in [0.1, 0.15) is 48.5 Å². The smallest absolute Gasteiger partial charge is 0.251 e. The first-order valence-electron chi connectivity index (χ1n) is 14.1. The van der Waals surface area contributed by atoms with E-state index in [1.807, 2.05) is 24.4 Å². The fourth-order valence-electron chi connectivity index (χ4n) is 5.46. The second-order valence-corrected chi connectivity index (χ2v) is 10.4. The van der Waals surface area contributed by atoms with E-state index in [1.54, 1.807) is 25.6 Å². The van der Waals surface area contributed by atoms with Gasteiger partial charge in [-0.05, 0) is 43.1 Å². The third-order valence-corrected chi connectivity index (χ3v) is 8.02. The molecular formula is C31H38N8O. The van der Waals surface area contributed by atoms with Crippen molar-refractivity contribution in [1.29, 1.82) is 0 Å². The number of hydrogen-bond donors (Lipinski definition) is 2. The molecule has 9 nitrogen and oxygen atoms in total. The number of hydrogen-bond acceptors (Lipinski definition) is 8. The summed E-state index contributed by atoms with van der Waals surface area (Å²) in [5, 5.41) is 7.02. The summed E-state index contributed by atoms with van der Waals surface area (Å²) >= 11 is 0. The van der Waals surface area contributed by atoms with Crippen molar-refractivity contribution in [3.63, 3.8) is 0 Å². The highest BCUT2D eigenvalue weighted by Crippen LogP contribution is 2.27. The van der Waals surface area contributed by atoms with E-state index in [4.69, 9.17) is 4.98 Å². The van der Waals surface area contributed by atoms with Gasteiger partial charge in [0.15, 0.2) is 0 Å². The maximum absolute atomic E-state index is 12.3. The van der Waals surface area contributed by atoms with Crippen LogP contribution in [0.15, 0.2) is 61.2 Å². The van der Waals surface area contributed by atoms with E-state index < -0.39 is 0 Å². The van der Waals surface area contributed by atoms with Crippen LogP contribution in [-0.4, -0.2) is 77.1 Å². The maximum Gasteiger partial charge on any atom is 0.251 e. The topological polar surface area (TPSA) is 99.2 Å². The molecule has 0 unspecified atom stereocenters. The lowest BCUT2D eigenvalue weighted by molar-refractivity contribution is 0.0964. The lowest BCUT2D eigenvalue weighted by Gasteiger charge is -2.36. The van der Waals surface area contributed by atoms with Gasteiger partial charge in [0.1, 0.15) is 18.0 Å². The molecule has 1 aliphatic rings. The van der Waals surface area contributed by atoms with Crippen LogP contribution < -0.4 is 15.5 Å². The Labute approximate surface area is 236 Å². The molecule has 3 aromatic heterocycles. The van der Waals surface area contributed by atoms with Crippen LogP contribution in [0, 0.1) is 0 Å². The molecule has 0 bridgehead atoms. The van der Waals surface area contributed by atoms with Gasteiger partial charge in [0.05, 0.1) is 16.8 Å². The molecule has 1 fully saturated rings. The van der Waals surface area contributed by atoms with Gasteiger partial charge in [0, 0.05) is 75.1 Å². The summed E-state index contributed by atoms with van der Waals surface area (Å²) in [7, 11) is 3.79. The molecule has 0 spiro atoms. The number of amides is 1. The summed E-state index contributed by atoms with van der Waals surface area (Å²) in [5.41, 5.74) is 4.33. The van der Waals surface area contributed by atoms with Crippen LogP contribution in [0.5, 0.6) is 0 Å². The molecule has 1 aliphatic heterocycles. The predicted molar refractivity (Wildman–Crippen MR) is 161 cm³/mol. The fraction of sp³-hybridized carbons (Fsp3) is 0.387. The van der Waals surface area contributed by atoms with Crippen molar-refractivity contribution in [1.82, 2.24) is 30.2 Å². The first-order valence-corrected chi connectivity index (χ1v) is 14.1. The molecule has 4 heterocycles. The van der Waals surface area contributed by atoms with Crippen LogP contribution in [0.25, 0.3) is 22.2 Å². The van der Waals surface area contributed by atoms with Gasteiger partial charge in [-0.25, -0.2) is 15.0 Å². The molecule has 1 atom stereocenters. The highest BCUT2D eigenvalue weighted by Gasteiger charge is 2.22. The average molecular weight is 539 g/mol. The molecule has 4 aromatic rings. The van der Waals surface area contributed by atoms with Crippen LogP contribution >= 0.6 is 0 Å². The van der Waals surface area contributed by atoms with E-state index in [2.05, 4.69) is 74.5 Å². The Kier molecular flexibility index (Phi) is 8.50. The number of para-hydroxylation sites is 1. The van der Waals surface area contributed by atoms with Crippen molar-refractivity contribution in [3.05, 3.63) is 72.3 Å². The number of nitrogens with zero attached hydrogens (tertiary/aromatic N) is 6. The third kappa shape index (κ3) is 5.89. The highest BCUT2D eigenvalue weighted by atomic mass is 16.1. The Morgan fingerprint density at radius 1 is 1.10 bits per heavy atom.